The minimum atomic E-state index is -1.59. The maximum absolute atomic E-state index is 14.6. The predicted octanol–water partition coefficient (Wildman–Crippen LogP) is 5.64. The first-order valence-corrected chi connectivity index (χ1v) is 8.76. The summed E-state index contributed by atoms with van der Waals surface area (Å²) in [5.41, 5.74) is 2.31. The molecule has 1 saturated heterocycles. The topological polar surface area (TPSA) is 42.3 Å². The molecule has 0 aliphatic carbocycles. The van der Waals surface area contributed by atoms with E-state index < -0.39 is 29.6 Å². The molecule has 1 aliphatic rings. The second-order valence-corrected chi connectivity index (χ2v) is 6.63. The summed E-state index contributed by atoms with van der Waals surface area (Å²) in [5.74, 6) is -5.02. The Bertz CT molecular complexity index is 1050. The van der Waals surface area contributed by atoms with Crippen LogP contribution in [0.5, 0.6) is 0 Å². The molecule has 3 nitrogen and oxygen atoms in total. The summed E-state index contributed by atoms with van der Waals surface area (Å²) in [6, 6.07) is 12.9. The third kappa shape index (κ3) is 3.92. The fourth-order valence-corrected chi connectivity index (χ4v) is 3.11. The van der Waals surface area contributed by atoms with Gasteiger partial charge in [-0.1, -0.05) is 36.4 Å². The Kier molecular flexibility index (Phi) is 5.17. The Morgan fingerprint density at radius 2 is 1.24 bits per heavy atom. The molecule has 148 valence electrons. The number of hydrogen-bond donors (Lipinski definition) is 1. The number of nitrogens with one attached hydrogen (secondary N) is 1. The minimum absolute atomic E-state index is 0.0328. The molecule has 29 heavy (non-hydrogen) atoms. The third-order valence-electron chi connectivity index (χ3n) is 4.60. The Morgan fingerprint density at radius 3 is 1.83 bits per heavy atom. The Morgan fingerprint density at radius 1 is 0.690 bits per heavy atom. The Labute approximate surface area is 164 Å². The van der Waals surface area contributed by atoms with E-state index in [1.165, 1.54) is 12.1 Å². The quantitative estimate of drug-likeness (QED) is 0.456. The summed E-state index contributed by atoms with van der Waals surface area (Å²) in [7, 11) is 0. The van der Waals surface area contributed by atoms with Gasteiger partial charge in [0.25, 0.3) is 0 Å². The van der Waals surface area contributed by atoms with Crippen molar-refractivity contribution >= 4 is 5.71 Å². The summed E-state index contributed by atoms with van der Waals surface area (Å²) in [5, 5.41) is 7.48. The third-order valence-corrected chi connectivity index (χ3v) is 4.60. The molecule has 0 amide bonds. The van der Waals surface area contributed by atoms with Gasteiger partial charge in [-0.15, -0.1) is 0 Å². The van der Waals surface area contributed by atoms with E-state index in [-0.39, 0.29) is 24.3 Å². The van der Waals surface area contributed by atoms with Crippen molar-refractivity contribution < 1.29 is 27.0 Å². The molecule has 0 bridgehead atoms. The van der Waals surface area contributed by atoms with Crippen LogP contribution in [0.1, 0.15) is 11.9 Å². The molecule has 1 aliphatic heterocycles. The van der Waals surface area contributed by atoms with Crippen molar-refractivity contribution in [3.63, 3.8) is 0 Å². The molecule has 1 N–H and O–H groups in total. The molecule has 0 aromatic heterocycles. The average molecular weight is 401 g/mol. The van der Waals surface area contributed by atoms with Gasteiger partial charge in [0.15, 0.2) is 23.7 Å². The highest BCUT2D eigenvalue weighted by atomic mass is 19.2. The van der Waals surface area contributed by atoms with Crippen molar-refractivity contribution in [2.75, 3.05) is 13.2 Å². The molecule has 3 aromatic carbocycles. The lowest BCUT2D eigenvalue weighted by Gasteiger charge is -2.24. The number of halogens is 4. The normalized spacial score (nSPS) is 16.8. The van der Waals surface area contributed by atoms with E-state index in [1.807, 2.05) is 0 Å². The highest BCUT2D eigenvalue weighted by Crippen LogP contribution is 2.31. The second-order valence-electron chi connectivity index (χ2n) is 6.63. The Hall–Kier alpha value is -3.03. The zero-order valence-corrected chi connectivity index (χ0v) is 15.0. The van der Waals surface area contributed by atoms with Gasteiger partial charge in [-0.3, -0.25) is 0 Å². The lowest BCUT2D eigenvalue weighted by molar-refractivity contribution is -0.143. The van der Waals surface area contributed by atoms with Crippen LogP contribution in [0.4, 0.5) is 17.6 Å². The molecule has 1 fully saturated rings. The van der Waals surface area contributed by atoms with Crippen LogP contribution in [0.2, 0.25) is 0 Å². The highest BCUT2D eigenvalue weighted by molar-refractivity contribution is 5.84. The molecule has 3 aromatic rings. The monoisotopic (exact) mass is 401 g/mol. The van der Waals surface area contributed by atoms with Crippen LogP contribution in [0, 0.1) is 28.7 Å². The van der Waals surface area contributed by atoms with E-state index in [0.29, 0.717) is 11.3 Å². The summed E-state index contributed by atoms with van der Waals surface area (Å²) < 4.78 is 65.5. The van der Waals surface area contributed by atoms with Crippen LogP contribution in [0.25, 0.3) is 22.3 Å². The fourth-order valence-electron chi connectivity index (χ4n) is 3.11. The molecule has 0 spiro atoms. The van der Waals surface area contributed by atoms with E-state index in [2.05, 4.69) is 0 Å². The van der Waals surface area contributed by atoms with E-state index in [0.717, 1.165) is 23.3 Å². The first-order chi connectivity index (χ1) is 13.9. The standard InChI is InChI=1S/C22H15F4NO2/c23-18-7-14(5-6-17(18)15-8-19(24)21(26)20(25)9-15)12-1-3-13(4-2-12)22-28-10-16(27)11-29-22/h1-9,22,27H,10-11H2. The molecule has 0 unspecified atom stereocenters. The highest BCUT2D eigenvalue weighted by Gasteiger charge is 2.19. The van der Waals surface area contributed by atoms with Crippen LogP contribution in [0.3, 0.4) is 0 Å². The largest absolute Gasteiger partial charge is 0.342 e. The van der Waals surface area contributed by atoms with Crippen molar-refractivity contribution in [2.45, 2.75) is 6.29 Å². The van der Waals surface area contributed by atoms with Crippen molar-refractivity contribution in [3.8, 4) is 22.3 Å². The van der Waals surface area contributed by atoms with Gasteiger partial charge in [-0.2, -0.15) is 0 Å². The zero-order chi connectivity index (χ0) is 20.5. The Balaban J connectivity index is 1.59. The lowest BCUT2D eigenvalue weighted by Crippen LogP contribution is -2.26. The average Bonchev–Trinajstić information content (AvgIpc) is 2.72. The van der Waals surface area contributed by atoms with E-state index in [9.17, 15) is 17.6 Å². The molecule has 7 heteroatoms. The molecule has 0 atom stereocenters. The smallest absolute Gasteiger partial charge is 0.194 e. The van der Waals surface area contributed by atoms with Crippen molar-refractivity contribution in [1.29, 1.82) is 5.41 Å². The molecule has 0 saturated carbocycles. The van der Waals surface area contributed by atoms with Crippen LogP contribution in [-0.4, -0.2) is 18.9 Å². The number of benzene rings is 3. The van der Waals surface area contributed by atoms with Gasteiger partial charge in [-0.05, 0) is 34.9 Å². The van der Waals surface area contributed by atoms with Crippen molar-refractivity contribution in [3.05, 3.63) is 83.4 Å². The van der Waals surface area contributed by atoms with Gasteiger partial charge in [-0.25, -0.2) is 17.6 Å². The zero-order valence-electron chi connectivity index (χ0n) is 15.0. The van der Waals surface area contributed by atoms with Gasteiger partial charge in [0.2, 0.25) is 0 Å². The maximum atomic E-state index is 14.6. The van der Waals surface area contributed by atoms with E-state index in [4.69, 9.17) is 14.9 Å². The summed E-state index contributed by atoms with van der Waals surface area (Å²) >= 11 is 0. The fraction of sp³-hybridized carbons (Fsp3) is 0.136. The molecular weight excluding hydrogens is 386 g/mol. The van der Waals surface area contributed by atoms with Gasteiger partial charge >= 0.3 is 0 Å². The van der Waals surface area contributed by atoms with Gasteiger partial charge < -0.3 is 14.9 Å². The summed E-state index contributed by atoms with van der Waals surface area (Å²) in [4.78, 5) is 0. The minimum Gasteiger partial charge on any atom is -0.342 e. The van der Waals surface area contributed by atoms with Crippen LogP contribution < -0.4 is 0 Å². The second kappa shape index (κ2) is 7.77. The van der Waals surface area contributed by atoms with Crippen molar-refractivity contribution in [2.24, 2.45) is 0 Å². The van der Waals surface area contributed by atoms with E-state index >= 15 is 0 Å². The van der Waals surface area contributed by atoms with Crippen LogP contribution in [-0.2, 0) is 9.47 Å². The van der Waals surface area contributed by atoms with Crippen LogP contribution >= 0.6 is 0 Å². The summed E-state index contributed by atoms with van der Waals surface area (Å²) in [6.45, 7) is 0.424. The first-order valence-electron chi connectivity index (χ1n) is 8.76. The van der Waals surface area contributed by atoms with E-state index in [1.54, 1.807) is 30.3 Å². The van der Waals surface area contributed by atoms with Gasteiger partial charge in [0.05, 0.1) is 18.9 Å². The molecule has 0 radical (unpaired) electrons. The first kappa shape index (κ1) is 19.3. The maximum Gasteiger partial charge on any atom is 0.194 e. The van der Waals surface area contributed by atoms with Crippen molar-refractivity contribution in [1.82, 2.24) is 0 Å². The molecular formula is C22H15F4NO2. The SMILES string of the molecule is N=C1COC(c2ccc(-c3ccc(-c4cc(F)c(F)c(F)c4)c(F)c3)cc2)OC1. The number of rotatable bonds is 3. The molecule has 1 heterocycles. The summed E-state index contributed by atoms with van der Waals surface area (Å²) in [6.07, 6.45) is -0.555. The number of hydrogen-bond acceptors (Lipinski definition) is 3. The lowest BCUT2D eigenvalue weighted by atomic mass is 9.98. The predicted molar refractivity (Wildman–Crippen MR) is 99.5 cm³/mol. The molecule has 4 rings (SSSR count). The van der Waals surface area contributed by atoms with Gasteiger partial charge in [0, 0.05) is 11.1 Å². The van der Waals surface area contributed by atoms with Crippen LogP contribution in [0.15, 0.2) is 54.6 Å². The number of ether oxygens (including phenoxy) is 2. The van der Waals surface area contributed by atoms with Gasteiger partial charge in [0.1, 0.15) is 5.82 Å².